The largest absolute Gasteiger partial charge is 0.387 e. The average molecular weight is 196 g/mol. The predicted molar refractivity (Wildman–Crippen MR) is 54.0 cm³/mol. The number of rotatable bonds is 5. The maximum absolute atomic E-state index is 9.71. The number of hydrogen-bond donors (Lipinski definition) is 1. The van der Waals surface area contributed by atoms with E-state index < -0.39 is 12.4 Å². The van der Waals surface area contributed by atoms with Crippen molar-refractivity contribution in [2.24, 2.45) is 0 Å². The molecule has 0 aliphatic rings. The van der Waals surface area contributed by atoms with Crippen LogP contribution >= 0.6 is 0 Å². The lowest BCUT2D eigenvalue weighted by atomic mass is 10.1. The lowest BCUT2D eigenvalue weighted by Gasteiger charge is -2.19. The quantitative estimate of drug-likeness (QED) is 0.719. The zero-order valence-corrected chi connectivity index (χ0v) is 8.51. The summed E-state index contributed by atoms with van der Waals surface area (Å²) in [7, 11) is 3.03. The lowest BCUT2D eigenvalue weighted by Crippen LogP contribution is -2.31. The molecule has 14 heavy (non-hydrogen) atoms. The highest BCUT2D eigenvalue weighted by molar-refractivity contribution is 5.15. The van der Waals surface area contributed by atoms with Crippen LogP contribution in [0.1, 0.15) is 5.56 Å². The van der Waals surface area contributed by atoms with E-state index in [9.17, 15) is 5.11 Å². The first kappa shape index (κ1) is 11.2. The van der Waals surface area contributed by atoms with Crippen molar-refractivity contribution in [3.63, 3.8) is 0 Å². The smallest absolute Gasteiger partial charge is 0.183 e. The average Bonchev–Trinajstić information content (AvgIpc) is 2.21. The zero-order valence-electron chi connectivity index (χ0n) is 8.51. The van der Waals surface area contributed by atoms with Gasteiger partial charge in [0.1, 0.15) is 6.10 Å². The molecular weight excluding hydrogens is 180 g/mol. The Morgan fingerprint density at radius 3 is 2.21 bits per heavy atom. The SMILES string of the molecule is COC(OC)C(O)Cc1ccccc1. The van der Waals surface area contributed by atoms with Crippen LogP contribution in [0.2, 0.25) is 0 Å². The molecule has 0 bridgehead atoms. The van der Waals surface area contributed by atoms with Crippen LogP contribution in [-0.4, -0.2) is 31.7 Å². The monoisotopic (exact) mass is 196 g/mol. The molecule has 1 aromatic rings. The minimum atomic E-state index is -0.632. The minimum Gasteiger partial charge on any atom is -0.387 e. The van der Waals surface area contributed by atoms with Crippen LogP contribution in [-0.2, 0) is 15.9 Å². The van der Waals surface area contributed by atoms with Gasteiger partial charge in [-0.25, -0.2) is 0 Å². The molecule has 1 atom stereocenters. The number of benzene rings is 1. The van der Waals surface area contributed by atoms with Crippen LogP contribution in [0, 0.1) is 0 Å². The fraction of sp³-hybridized carbons (Fsp3) is 0.455. The summed E-state index contributed by atoms with van der Waals surface area (Å²) in [5, 5.41) is 9.71. The Morgan fingerprint density at radius 1 is 1.14 bits per heavy atom. The molecule has 1 N–H and O–H groups in total. The molecule has 0 amide bonds. The molecule has 78 valence electrons. The van der Waals surface area contributed by atoms with E-state index in [1.54, 1.807) is 0 Å². The molecule has 0 fully saturated rings. The second-order valence-corrected chi connectivity index (χ2v) is 3.10. The van der Waals surface area contributed by atoms with E-state index in [1.165, 1.54) is 14.2 Å². The van der Waals surface area contributed by atoms with Gasteiger partial charge in [0.15, 0.2) is 6.29 Å². The molecule has 0 aromatic heterocycles. The van der Waals surface area contributed by atoms with Crippen molar-refractivity contribution in [2.75, 3.05) is 14.2 Å². The molecule has 0 radical (unpaired) electrons. The van der Waals surface area contributed by atoms with Gasteiger partial charge in [0, 0.05) is 20.6 Å². The summed E-state index contributed by atoms with van der Waals surface area (Å²) >= 11 is 0. The van der Waals surface area contributed by atoms with Crippen LogP contribution in [0.4, 0.5) is 0 Å². The van der Waals surface area contributed by atoms with Gasteiger partial charge in [-0.1, -0.05) is 30.3 Å². The van der Waals surface area contributed by atoms with E-state index in [4.69, 9.17) is 9.47 Å². The Labute approximate surface area is 84.3 Å². The summed E-state index contributed by atoms with van der Waals surface area (Å²) in [6.07, 6.45) is -0.657. The van der Waals surface area contributed by atoms with Crippen molar-refractivity contribution < 1.29 is 14.6 Å². The second kappa shape index (κ2) is 5.75. The predicted octanol–water partition coefficient (Wildman–Crippen LogP) is 1.21. The highest BCUT2D eigenvalue weighted by atomic mass is 16.7. The van der Waals surface area contributed by atoms with Gasteiger partial charge in [0.05, 0.1) is 0 Å². The van der Waals surface area contributed by atoms with Gasteiger partial charge in [0.25, 0.3) is 0 Å². The van der Waals surface area contributed by atoms with Gasteiger partial charge >= 0.3 is 0 Å². The van der Waals surface area contributed by atoms with Gasteiger partial charge in [-0.2, -0.15) is 0 Å². The molecular formula is C11H16O3. The maximum Gasteiger partial charge on any atom is 0.183 e. The maximum atomic E-state index is 9.71. The Bertz CT molecular complexity index is 244. The van der Waals surface area contributed by atoms with Gasteiger partial charge in [-0.3, -0.25) is 0 Å². The molecule has 1 rings (SSSR count). The normalized spacial score (nSPS) is 13.1. The van der Waals surface area contributed by atoms with Crippen LogP contribution in [0.3, 0.4) is 0 Å². The summed E-state index contributed by atoms with van der Waals surface area (Å²) in [6, 6.07) is 9.75. The number of methoxy groups -OCH3 is 2. The van der Waals surface area contributed by atoms with E-state index in [2.05, 4.69) is 0 Å². The summed E-state index contributed by atoms with van der Waals surface area (Å²) in [5.74, 6) is 0. The van der Waals surface area contributed by atoms with Gasteiger partial charge in [-0.05, 0) is 5.56 Å². The van der Waals surface area contributed by atoms with Gasteiger partial charge < -0.3 is 14.6 Å². The molecule has 0 heterocycles. The van der Waals surface area contributed by atoms with Crippen LogP contribution in [0.25, 0.3) is 0 Å². The van der Waals surface area contributed by atoms with Crippen molar-refractivity contribution in [1.29, 1.82) is 0 Å². The number of aliphatic hydroxyl groups is 1. The van der Waals surface area contributed by atoms with E-state index in [1.807, 2.05) is 30.3 Å². The Hall–Kier alpha value is -0.900. The van der Waals surface area contributed by atoms with Crippen molar-refractivity contribution in [3.8, 4) is 0 Å². The second-order valence-electron chi connectivity index (χ2n) is 3.10. The summed E-state index contributed by atoms with van der Waals surface area (Å²) in [6.45, 7) is 0. The summed E-state index contributed by atoms with van der Waals surface area (Å²) in [5.41, 5.74) is 1.07. The standard InChI is InChI=1S/C11H16O3/c1-13-11(14-2)10(12)8-9-6-4-3-5-7-9/h3-7,10-12H,8H2,1-2H3. The number of aliphatic hydroxyl groups excluding tert-OH is 1. The van der Waals surface area contributed by atoms with E-state index >= 15 is 0 Å². The highest BCUT2D eigenvalue weighted by Gasteiger charge is 2.17. The van der Waals surface area contributed by atoms with E-state index in [0.717, 1.165) is 5.56 Å². The first-order valence-electron chi connectivity index (χ1n) is 4.55. The van der Waals surface area contributed by atoms with Crippen LogP contribution < -0.4 is 0 Å². The third-order valence-corrected chi connectivity index (χ3v) is 2.07. The molecule has 0 saturated carbocycles. The minimum absolute atomic E-state index is 0.535. The third-order valence-electron chi connectivity index (χ3n) is 2.07. The molecule has 3 heteroatoms. The number of hydrogen-bond acceptors (Lipinski definition) is 3. The van der Waals surface area contributed by atoms with E-state index in [-0.39, 0.29) is 0 Å². The Morgan fingerprint density at radius 2 is 1.71 bits per heavy atom. The Kier molecular flexibility index (Phi) is 4.59. The topological polar surface area (TPSA) is 38.7 Å². The molecule has 0 spiro atoms. The van der Waals surface area contributed by atoms with Crippen molar-refractivity contribution in [1.82, 2.24) is 0 Å². The van der Waals surface area contributed by atoms with Crippen molar-refractivity contribution in [3.05, 3.63) is 35.9 Å². The zero-order chi connectivity index (χ0) is 10.4. The first-order valence-corrected chi connectivity index (χ1v) is 4.55. The Balaban J connectivity index is 2.52. The van der Waals surface area contributed by atoms with Gasteiger partial charge in [-0.15, -0.1) is 0 Å². The summed E-state index contributed by atoms with van der Waals surface area (Å²) < 4.78 is 9.92. The lowest BCUT2D eigenvalue weighted by molar-refractivity contribution is -0.163. The summed E-state index contributed by atoms with van der Waals surface area (Å²) in [4.78, 5) is 0. The van der Waals surface area contributed by atoms with E-state index in [0.29, 0.717) is 6.42 Å². The number of ether oxygens (including phenoxy) is 2. The van der Waals surface area contributed by atoms with Gasteiger partial charge in [0.2, 0.25) is 0 Å². The molecule has 1 unspecified atom stereocenters. The van der Waals surface area contributed by atoms with Crippen LogP contribution in [0.15, 0.2) is 30.3 Å². The fourth-order valence-corrected chi connectivity index (χ4v) is 1.36. The molecule has 0 saturated heterocycles. The molecule has 3 nitrogen and oxygen atoms in total. The van der Waals surface area contributed by atoms with Crippen LogP contribution in [0.5, 0.6) is 0 Å². The van der Waals surface area contributed by atoms with Crippen molar-refractivity contribution in [2.45, 2.75) is 18.8 Å². The first-order chi connectivity index (χ1) is 6.77. The highest BCUT2D eigenvalue weighted by Crippen LogP contribution is 2.08. The van der Waals surface area contributed by atoms with Crippen molar-refractivity contribution >= 4 is 0 Å². The molecule has 0 aliphatic carbocycles. The molecule has 1 aromatic carbocycles. The fourth-order valence-electron chi connectivity index (χ4n) is 1.36. The molecule has 0 aliphatic heterocycles. The third kappa shape index (κ3) is 3.10.